The van der Waals surface area contributed by atoms with Gasteiger partial charge in [0, 0.05) is 28.6 Å². The molecular weight excluding hydrogens is 178 g/mol. The maximum Gasteiger partial charge on any atom is 0.0703 e. The van der Waals surface area contributed by atoms with Crippen molar-refractivity contribution in [1.29, 1.82) is 0 Å². The van der Waals surface area contributed by atoms with Gasteiger partial charge in [-0.1, -0.05) is 0 Å². The molecule has 0 aliphatic carbocycles. The van der Waals surface area contributed by atoms with Gasteiger partial charge in [0.2, 0.25) is 0 Å². The van der Waals surface area contributed by atoms with Gasteiger partial charge in [-0.15, -0.1) is 0 Å². The quantitative estimate of drug-likeness (QED) is 0.774. The Hall–Kier alpha value is -0.800. The van der Waals surface area contributed by atoms with E-state index < -0.39 is 0 Å². The SMILES string of the molecule is Cc1c(CO)c(CO)c(C)n1C(C)C. The van der Waals surface area contributed by atoms with Crippen LogP contribution < -0.4 is 0 Å². The molecule has 1 aromatic rings. The Bertz CT molecular complexity index is 299. The molecule has 14 heavy (non-hydrogen) atoms. The van der Waals surface area contributed by atoms with Crippen LogP contribution in [0.4, 0.5) is 0 Å². The predicted octanol–water partition coefficient (Wildman–Crippen LogP) is 1.67. The Labute approximate surface area is 85.0 Å². The predicted molar refractivity (Wildman–Crippen MR) is 56.1 cm³/mol. The fourth-order valence-corrected chi connectivity index (χ4v) is 2.17. The van der Waals surface area contributed by atoms with Gasteiger partial charge < -0.3 is 14.8 Å². The Balaban J connectivity index is 3.38. The van der Waals surface area contributed by atoms with Crippen LogP contribution in [0.3, 0.4) is 0 Å². The molecule has 0 aliphatic rings. The molecule has 0 amide bonds. The zero-order valence-corrected chi connectivity index (χ0v) is 9.33. The van der Waals surface area contributed by atoms with Crippen LogP contribution >= 0.6 is 0 Å². The largest absolute Gasteiger partial charge is 0.392 e. The van der Waals surface area contributed by atoms with E-state index in [1.807, 2.05) is 13.8 Å². The third-order valence-electron chi connectivity index (χ3n) is 2.79. The van der Waals surface area contributed by atoms with Gasteiger partial charge in [-0.2, -0.15) is 0 Å². The Morgan fingerprint density at radius 2 is 1.36 bits per heavy atom. The number of aliphatic hydroxyl groups excluding tert-OH is 2. The highest BCUT2D eigenvalue weighted by molar-refractivity contribution is 5.37. The third-order valence-corrected chi connectivity index (χ3v) is 2.79. The first-order valence-corrected chi connectivity index (χ1v) is 4.95. The Morgan fingerprint density at radius 3 is 1.57 bits per heavy atom. The normalized spacial score (nSPS) is 11.4. The van der Waals surface area contributed by atoms with Gasteiger partial charge in [0.05, 0.1) is 13.2 Å². The van der Waals surface area contributed by atoms with E-state index in [0.29, 0.717) is 6.04 Å². The number of hydrogen-bond donors (Lipinski definition) is 2. The summed E-state index contributed by atoms with van der Waals surface area (Å²) in [5.41, 5.74) is 3.87. The summed E-state index contributed by atoms with van der Waals surface area (Å²) in [6.07, 6.45) is 0. The summed E-state index contributed by atoms with van der Waals surface area (Å²) in [7, 11) is 0. The van der Waals surface area contributed by atoms with Crippen molar-refractivity contribution in [3.05, 3.63) is 22.5 Å². The molecule has 0 fully saturated rings. The highest BCUT2D eigenvalue weighted by Crippen LogP contribution is 2.25. The molecular formula is C11H19NO2. The van der Waals surface area contributed by atoms with E-state index in [0.717, 1.165) is 22.5 Å². The number of aliphatic hydroxyl groups is 2. The fraction of sp³-hybridized carbons (Fsp3) is 0.636. The first-order chi connectivity index (χ1) is 6.54. The second-order valence-electron chi connectivity index (χ2n) is 3.91. The number of hydrogen-bond acceptors (Lipinski definition) is 2. The molecule has 0 saturated heterocycles. The summed E-state index contributed by atoms with van der Waals surface area (Å²) in [5, 5.41) is 18.5. The van der Waals surface area contributed by atoms with E-state index in [-0.39, 0.29) is 13.2 Å². The summed E-state index contributed by atoms with van der Waals surface area (Å²) in [6.45, 7) is 8.17. The van der Waals surface area contributed by atoms with E-state index in [2.05, 4.69) is 18.4 Å². The van der Waals surface area contributed by atoms with Crippen molar-refractivity contribution in [2.75, 3.05) is 0 Å². The molecule has 2 N–H and O–H groups in total. The molecule has 3 heteroatoms. The van der Waals surface area contributed by atoms with Crippen LogP contribution in [-0.4, -0.2) is 14.8 Å². The van der Waals surface area contributed by atoms with Crippen molar-refractivity contribution >= 4 is 0 Å². The average Bonchev–Trinajstić information content (AvgIpc) is 2.36. The molecule has 0 radical (unpaired) electrons. The lowest BCUT2D eigenvalue weighted by Gasteiger charge is -2.13. The van der Waals surface area contributed by atoms with E-state index in [4.69, 9.17) is 0 Å². The molecule has 0 aromatic carbocycles. The molecule has 1 aromatic heterocycles. The van der Waals surface area contributed by atoms with E-state index in [1.54, 1.807) is 0 Å². The Morgan fingerprint density at radius 1 is 1.00 bits per heavy atom. The lowest BCUT2D eigenvalue weighted by molar-refractivity contribution is 0.260. The van der Waals surface area contributed by atoms with Gasteiger partial charge in [-0.3, -0.25) is 0 Å². The van der Waals surface area contributed by atoms with Crippen LogP contribution in [0.25, 0.3) is 0 Å². The van der Waals surface area contributed by atoms with Crippen LogP contribution in [0.2, 0.25) is 0 Å². The first kappa shape index (κ1) is 11.3. The van der Waals surface area contributed by atoms with Crippen molar-refractivity contribution in [1.82, 2.24) is 4.57 Å². The minimum absolute atomic E-state index is 0.00227. The van der Waals surface area contributed by atoms with Gasteiger partial charge >= 0.3 is 0 Å². The van der Waals surface area contributed by atoms with E-state index >= 15 is 0 Å². The number of aromatic nitrogens is 1. The van der Waals surface area contributed by atoms with E-state index in [9.17, 15) is 10.2 Å². The second-order valence-corrected chi connectivity index (χ2v) is 3.91. The van der Waals surface area contributed by atoms with E-state index in [1.165, 1.54) is 0 Å². The summed E-state index contributed by atoms with van der Waals surface area (Å²) in [5.74, 6) is 0. The summed E-state index contributed by atoms with van der Waals surface area (Å²) in [6, 6.07) is 0.362. The molecule has 0 saturated carbocycles. The molecule has 0 spiro atoms. The van der Waals surface area contributed by atoms with Crippen molar-refractivity contribution in [2.45, 2.75) is 47.0 Å². The van der Waals surface area contributed by atoms with Crippen LogP contribution in [0.5, 0.6) is 0 Å². The van der Waals surface area contributed by atoms with Crippen LogP contribution in [0.1, 0.15) is 42.4 Å². The van der Waals surface area contributed by atoms with Crippen molar-refractivity contribution in [3.8, 4) is 0 Å². The molecule has 0 bridgehead atoms. The highest BCUT2D eigenvalue weighted by atomic mass is 16.3. The van der Waals surface area contributed by atoms with Gasteiger partial charge in [0.15, 0.2) is 0 Å². The summed E-state index contributed by atoms with van der Waals surface area (Å²) >= 11 is 0. The first-order valence-electron chi connectivity index (χ1n) is 4.95. The van der Waals surface area contributed by atoms with Gasteiger partial charge in [0.1, 0.15) is 0 Å². The minimum atomic E-state index is 0.00227. The van der Waals surface area contributed by atoms with Crippen molar-refractivity contribution in [2.24, 2.45) is 0 Å². The Kier molecular flexibility index (Phi) is 3.34. The molecule has 0 unspecified atom stereocenters. The lowest BCUT2D eigenvalue weighted by Crippen LogP contribution is -2.05. The second kappa shape index (κ2) is 4.15. The zero-order chi connectivity index (χ0) is 10.9. The van der Waals surface area contributed by atoms with Gasteiger partial charge in [-0.25, -0.2) is 0 Å². The molecule has 1 heterocycles. The van der Waals surface area contributed by atoms with Crippen LogP contribution in [0.15, 0.2) is 0 Å². The van der Waals surface area contributed by atoms with Gasteiger partial charge in [0.25, 0.3) is 0 Å². The molecule has 1 rings (SSSR count). The van der Waals surface area contributed by atoms with Gasteiger partial charge in [-0.05, 0) is 27.7 Å². The van der Waals surface area contributed by atoms with Crippen LogP contribution in [-0.2, 0) is 13.2 Å². The maximum absolute atomic E-state index is 9.23. The fourth-order valence-electron chi connectivity index (χ4n) is 2.17. The zero-order valence-electron chi connectivity index (χ0n) is 9.33. The van der Waals surface area contributed by atoms with Crippen molar-refractivity contribution in [3.63, 3.8) is 0 Å². The number of rotatable bonds is 3. The van der Waals surface area contributed by atoms with Crippen molar-refractivity contribution < 1.29 is 10.2 Å². The molecule has 0 atom stereocenters. The highest BCUT2D eigenvalue weighted by Gasteiger charge is 2.17. The van der Waals surface area contributed by atoms with Crippen LogP contribution in [0, 0.1) is 13.8 Å². The topological polar surface area (TPSA) is 45.4 Å². The molecule has 80 valence electrons. The lowest BCUT2D eigenvalue weighted by atomic mass is 10.1. The third kappa shape index (κ3) is 1.57. The molecule has 3 nitrogen and oxygen atoms in total. The molecule has 0 aliphatic heterocycles. The monoisotopic (exact) mass is 197 g/mol. The standard InChI is InChI=1S/C11H19NO2/c1-7(2)12-8(3)10(5-13)11(6-14)9(12)4/h7,13-14H,5-6H2,1-4H3. The average molecular weight is 197 g/mol. The number of nitrogens with zero attached hydrogens (tertiary/aromatic N) is 1. The minimum Gasteiger partial charge on any atom is -0.392 e. The smallest absolute Gasteiger partial charge is 0.0703 e. The summed E-state index contributed by atoms with van der Waals surface area (Å²) in [4.78, 5) is 0. The maximum atomic E-state index is 9.23. The summed E-state index contributed by atoms with van der Waals surface area (Å²) < 4.78 is 2.15.